The van der Waals surface area contributed by atoms with Gasteiger partial charge in [-0.05, 0) is 45.4 Å². The van der Waals surface area contributed by atoms with Gasteiger partial charge in [0, 0.05) is 11.3 Å². The molecule has 0 fully saturated rings. The summed E-state index contributed by atoms with van der Waals surface area (Å²) >= 11 is 0. The second-order valence-corrected chi connectivity index (χ2v) is 5.46. The molecule has 1 rings (SSSR count). The first-order valence-corrected chi connectivity index (χ1v) is 6.37. The van der Waals surface area contributed by atoms with Gasteiger partial charge in [0.1, 0.15) is 5.60 Å². The molecule has 21 heavy (non-hydrogen) atoms. The summed E-state index contributed by atoms with van der Waals surface area (Å²) in [5.74, 6) is 1.95. The minimum Gasteiger partial charge on any atom is -0.465 e. The summed E-state index contributed by atoms with van der Waals surface area (Å²) in [6.07, 6.45) is 4.80. The summed E-state index contributed by atoms with van der Waals surface area (Å²) in [5, 5.41) is 2.60. The highest BCUT2D eigenvalue weighted by Gasteiger charge is 2.18. The smallest absolute Gasteiger partial charge is 0.412 e. The lowest BCUT2D eigenvalue weighted by molar-refractivity contribution is 0.0596. The zero-order valence-electron chi connectivity index (χ0n) is 12.9. The van der Waals surface area contributed by atoms with E-state index in [0.717, 1.165) is 0 Å². The Balaban J connectivity index is 3.14. The average molecular weight is 289 g/mol. The van der Waals surface area contributed by atoms with Crippen molar-refractivity contribution in [2.45, 2.75) is 33.3 Å². The van der Waals surface area contributed by atoms with E-state index < -0.39 is 17.7 Å². The van der Waals surface area contributed by atoms with Crippen LogP contribution in [0.3, 0.4) is 0 Å². The maximum absolute atomic E-state index is 11.8. The number of esters is 1. The molecule has 0 aliphatic carbocycles. The van der Waals surface area contributed by atoms with Gasteiger partial charge in [0.2, 0.25) is 0 Å². The SMILES string of the molecule is C#Cc1cc(C(=O)OC)cc(NC(=O)OC(C)(C)C)c1C. The molecule has 0 aromatic heterocycles. The highest BCUT2D eigenvalue weighted by atomic mass is 16.6. The number of methoxy groups -OCH3 is 1. The number of benzene rings is 1. The zero-order valence-corrected chi connectivity index (χ0v) is 12.9. The van der Waals surface area contributed by atoms with E-state index in [4.69, 9.17) is 11.2 Å². The van der Waals surface area contributed by atoms with Crippen LogP contribution >= 0.6 is 0 Å². The Kier molecular flexibility index (Phi) is 4.98. The molecule has 1 amide bonds. The second kappa shape index (κ2) is 6.31. The number of anilines is 1. The Morgan fingerprint density at radius 3 is 2.38 bits per heavy atom. The lowest BCUT2D eigenvalue weighted by Gasteiger charge is -2.20. The molecule has 1 aromatic rings. The molecule has 0 bridgehead atoms. The summed E-state index contributed by atoms with van der Waals surface area (Å²) in [6.45, 7) is 7.04. The van der Waals surface area contributed by atoms with E-state index in [9.17, 15) is 9.59 Å². The molecule has 0 unspecified atom stereocenters. The van der Waals surface area contributed by atoms with Crippen molar-refractivity contribution in [2.24, 2.45) is 0 Å². The first-order valence-electron chi connectivity index (χ1n) is 6.37. The van der Waals surface area contributed by atoms with E-state index in [0.29, 0.717) is 16.8 Å². The average Bonchev–Trinajstić information content (AvgIpc) is 2.37. The van der Waals surface area contributed by atoms with E-state index in [2.05, 4.69) is 16.0 Å². The molecular weight excluding hydrogens is 270 g/mol. The first kappa shape index (κ1) is 16.6. The number of nitrogens with one attached hydrogen (secondary N) is 1. The van der Waals surface area contributed by atoms with Crippen molar-refractivity contribution in [2.75, 3.05) is 12.4 Å². The maximum Gasteiger partial charge on any atom is 0.412 e. The standard InChI is InChI=1S/C16H19NO4/c1-7-11-8-12(14(18)20-6)9-13(10(11)2)17-15(19)21-16(3,4)5/h1,8-9H,2-6H3,(H,17,19). The van der Waals surface area contributed by atoms with Crippen LogP contribution in [0.25, 0.3) is 0 Å². The number of amides is 1. The van der Waals surface area contributed by atoms with E-state index >= 15 is 0 Å². The largest absolute Gasteiger partial charge is 0.465 e. The van der Waals surface area contributed by atoms with Gasteiger partial charge in [0.05, 0.1) is 12.7 Å². The molecule has 0 atom stereocenters. The molecule has 0 radical (unpaired) electrons. The van der Waals surface area contributed by atoms with Crippen LogP contribution in [0.15, 0.2) is 12.1 Å². The fraction of sp³-hybridized carbons (Fsp3) is 0.375. The number of rotatable bonds is 2. The first-order chi connectivity index (χ1) is 9.67. The molecule has 0 heterocycles. The highest BCUT2D eigenvalue weighted by Crippen LogP contribution is 2.23. The van der Waals surface area contributed by atoms with Crippen molar-refractivity contribution in [1.82, 2.24) is 0 Å². The molecule has 1 N–H and O–H groups in total. The molecule has 0 aliphatic rings. The Bertz CT molecular complexity index is 606. The summed E-state index contributed by atoms with van der Waals surface area (Å²) < 4.78 is 9.84. The van der Waals surface area contributed by atoms with E-state index in [1.807, 2.05) is 0 Å². The normalized spacial score (nSPS) is 10.5. The minimum absolute atomic E-state index is 0.266. The van der Waals surface area contributed by atoms with Gasteiger partial charge in [-0.2, -0.15) is 0 Å². The lowest BCUT2D eigenvalue weighted by atomic mass is 10.0. The van der Waals surface area contributed by atoms with Crippen molar-refractivity contribution in [3.05, 3.63) is 28.8 Å². The topological polar surface area (TPSA) is 64.6 Å². The van der Waals surface area contributed by atoms with Gasteiger partial charge in [0.15, 0.2) is 0 Å². The Labute approximate surface area is 124 Å². The summed E-state index contributed by atoms with van der Waals surface area (Å²) in [6, 6.07) is 3.05. The second-order valence-electron chi connectivity index (χ2n) is 5.46. The van der Waals surface area contributed by atoms with Gasteiger partial charge in [-0.3, -0.25) is 5.32 Å². The van der Waals surface area contributed by atoms with Crippen LogP contribution in [0.5, 0.6) is 0 Å². The van der Waals surface area contributed by atoms with Crippen LogP contribution in [-0.2, 0) is 9.47 Å². The molecule has 1 aromatic carbocycles. The molecule has 0 aliphatic heterocycles. The van der Waals surface area contributed by atoms with Crippen molar-refractivity contribution in [1.29, 1.82) is 0 Å². The summed E-state index contributed by atoms with van der Waals surface area (Å²) in [5.41, 5.74) is 1.24. The number of terminal acetylenes is 1. The van der Waals surface area contributed by atoms with E-state index in [1.165, 1.54) is 13.2 Å². The van der Waals surface area contributed by atoms with Crippen LogP contribution in [0.2, 0.25) is 0 Å². The van der Waals surface area contributed by atoms with Crippen LogP contribution < -0.4 is 5.32 Å². The minimum atomic E-state index is -0.618. The number of hydrogen-bond donors (Lipinski definition) is 1. The number of carbonyl (C=O) groups excluding carboxylic acids is 2. The number of hydrogen-bond acceptors (Lipinski definition) is 4. The van der Waals surface area contributed by atoms with Gasteiger partial charge in [-0.25, -0.2) is 9.59 Å². The fourth-order valence-electron chi connectivity index (χ4n) is 1.64. The van der Waals surface area contributed by atoms with Crippen molar-refractivity contribution >= 4 is 17.7 Å². The van der Waals surface area contributed by atoms with Crippen LogP contribution in [-0.4, -0.2) is 24.8 Å². The quantitative estimate of drug-likeness (QED) is 0.671. The van der Waals surface area contributed by atoms with Crippen LogP contribution in [0, 0.1) is 19.3 Å². The third-order valence-electron chi connectivity index (χ3n) is 2.62. The van der Waals surface area contributed by atoms with Gasteiger partial charge < -0.3 is 9.47 Å². The predicted molar refractivity (Wildman–Crippen MR) is 80.3 cm³/mol. The van der Waals surface area contributed by atoms with E-state index in [1.54, 1.807) is 33.8 Å². The lowest BCUT2D eigenvalue weighted by Crippen LogP contribution is -2.27. The number of carbonyl (C=O) groups is 2. The van der Waals surface area contributed by atoms with Crippen LogP contribution in [0.4, 0.5) is 10.5 Å². The molecule has 0 saturated heterocycles. The molecule has 0 saturated carbocycles. The molecule has 5 heteroatoms. The predicted octanol–water partition coefficient (Wildman–Crippen LogP) is 3.11. The maximum atomic E-state index is 11.8. The van der Waals surface area contributed by atoms with Crippen molar-refractivity contribution in [3.63, 3.8) is 0 Å². The van der Waals surface area contributed by atoms with Crippen LogP contribution in [0.1, 0.15) is 42.3 Å². The fourth-order valence-corrected chi connectivity index (χ4v) is 1.64. The summed E-state index contributed by atoms with van der Waals surface area (Å²) in [4.78, 5) is 23.5. The highest BCUT2D eigenvalue weighted by molar-refractivity contribution is 5.94. The Morgan fingerprint density at radius 2 is 1.90 bits per heavy atom. The monoisotopic (exact) mass is 289 g/mol. The van der Waals surface area contributed by atoms with Gasteiger partial charge in [-0.15, -0.1) is 6.42 Å². The molecule has 112 valence electrons. The van der Waals surface area contributed by atoms with Crippen molar-refractivity contribution in [3.8, 4) is 12.3 Å². The summed E-state index contributed by atoms with van der Waals surface area (Å²) in [7, 11) is 1.28. The van der Waals surface area contributed by atoms with E-state index in [-0.39, 0.29) is 5.56 Å². The Hall–Kier alpha value is -2.48. The van der Waals surface area contributed by atoms with Gasteiger partial charge in [-0.1, -0.05) is 5.92 Å². The Morgan fingerprint density at radius 1 is 1.29 bits per heavy atom. The zero-order chi connectivity index (χ0) is 16.2. The van der Waals surface area contributed by atoms with Crippen molar-refractivity contribution < 1.29 is 19.1 Å². The third kappa shape index (κ3) is 4.53. The third-order valence-corrected chi connectivity index (χ3v) is 2.62. The number of ether oxygens (including phenoxy) is 2. The molecule has 0 spiro atoms. The van der Waals surface area contributed by atoms with Gasteiger partial charge in [0.25, 0.3) is 0 Å². The van der Waals surface area contributed by atoms with Gasteiger partial charge >= 0.3 is 12.1 Å². The molecule has 5 nitrogen and oxygen atoms in total. The molecular formula is C16H19NO4.